The number of benzene rings is 1. The van der Waals surface area contributed by atoms with E-state index in [2.05, 4.69) is 5.32 Å². The van der Waals surface area contributed by atoms with E-state index in [1.165, 1.54) is 0 Å². The first-order valence-corrected chi connectivity index (χ1v) is 5.04. The number of halogens is 2. The van der Waals surface area contributed by atoms with Crippen LogP contribution < -0.4 is 5.32 Å². The van der Waals surface area contributed by atoms with Gasteiger partial charge in [0.2, 0.25) is 0 Å². The smallest absolute Gasteiger partial charge is 0.0656 e. The first-order valence-electron chi connectivity index (χ1n) is 4.29. The minimum absolute atomic E-state index is 0.0237. The van der Waals surface area contributed by atoms with E-state index in [4.69, 9.17) is 28.3 Å². The van der Waals surface area contributed by atoms with Crippen LogP contribution in [0.25, 0.3) is 0 Å². The average Bonchev–Trinajstić information content (AvgIpc) is 2.11. The fraction of sp³-hybridized carbons (Fsp3) is 0.400. The van der Waals surface area contributed by atoms with Crippen molar-refractivity contribution in [1.29, 1.82) is 0 Å². The molecule has 4 heteroatoms. The summed E-state index contributed by atoms with van der Waals surface area (Å²) in [5, 5.41) is 13.4. The van der Waals surface area contributed by atoms with E-state index in [1.807, 2.05) is 13.8 Å². The minimum atomic E-state index is -0.408. The quantitative estimate of drug-likeness (QED) is 0.841. The summed E-state index contributed by atoms with van der Waals surface area (Å²) in [6, 6.07) is 5.18. The van der Waals surface area contributed by atoms with Crippen LogP contribution in [-0.4, -0.2) is 17.3 Å². The molecule has 0 unspecified atom stereocenters. The number of aliphatic hydroxyl groups is 1. The van der Waals surface area contributed by atoms with Gasteiger partial charge >= 0.3 is 0 Å². The molecule has 0 aromatic heterocycles. The van der Waals surface area contributed by atoms with Crippen LogP contribution in [0.4, 0.5) is 5.69 Å². The minimum Gasteiger partial charge on any atom is -0.394 e. The van der Waals surface area contributed by atoms with Crippen molar-refractivity contribution < 1.29 is 5.11 Å². The van der Waals surface area contributed by atoms with Gasteiger partial charge in [0.15, 0.2) is 0 Å². The summed E-state index contributed by atoms with van der Waals surface area (Å²) in [5.74, 6) is 0. The van der Waals surface area contributed by atoms with Gasteiger partial charge in [-0.2, -0.15) is 0 Å². The first kappa shape index (κ1) is 11.6. The second-order valence-electron chi connectivity index (χ2n) is 3.79. The number of hydrogen-bond acceptors (Lipinski definition) is 2. The molecule has 0 heterocycles. The predicted octanol–water partition coefficient (Wildman–Crippen LogP) is 3.18. The largest absolute Gasteiger partial charge is 0.394 e. The topological polar surface area (TPSA) is 32.3 Å². The fourth-order valence-corrected chi connectivity index (χ4v) is 1.33. The summed E-state index contributed by atoms with van der Waals surface area (Å²) in [6.07, 6.45) is 0. The van der Waals surface area contributed by atoms with Gasteiger partial charge in [-0.05, 0) is 32.0 Å². The van der Waals surface area contributed by atoms with Crippen LogP contribution in [0.15, 0.2) is 18.2 Å². The molecule has 0 radical (unpaired) electrons. The zero-order valence-electron chi connectivity index (χ0n) is 8.14. The second kappa shape index (κ2) is 4.39. The molecule has 0 amide bonds. The third-order valence-electron chi connectivity index (χ3n) is 1.80. The number of rotatable bonds is 3. The molecule has 0 saturated heterocycles. The molecule has 0 aliphatic rings. The third kappa shape index (κ3) is 3.05. The molecular formula is C10H13Cl2NO. The van der Waals surface area contributed by atoms with Gasteiger partial charge in [-0.1, -0.05) is 23.2 Å². The van der Waals surface area contributed by atoms with Crippen LogP contribution >= 0.6 is 23.2 Å². The van der Waals surface area contributed by atoms with Gasteiger partial charge in [0, 0.05) is 5.02 Å². The number of anilines is 1. The second-order valence-corrected chi connectivity index (χ2v) is 4.63. The highest BCUT2D eigenvalue weighted by atomic mass is 35.5. The summed E-state index contributed by atoms with van der Waals surface area (Å²) in [6.45, 7) is 3.78. The Labute approximate surface area is 93.8 Å². The van der Waals surface area contributed by atoms with Crippen molar-refractivity contribution in [3.63, 3.8) is 0 Å². The van der Waals surface area contributed by atoms with Gasteiger partial charge in [-0.25, -0.2) is 0 Å². The number of aliphatic hydroxyl groups excluding tert-OH is 1. The van der Waals surface area contributed by atoms with Crippen molar-refractivity contribution in [3.8, 4) is 0 Å². The molecule has 0 saturated carbocycles. The predicted molar refractivity (Wildman–Crippen MR) is 61.2 cm³/mol. The summed E-state index contributed by atoms with van der Waals surface area (Å²) < 4.78 is 0. The van der Waals surface area contributed by atoms with Crippen LogP contribution in [0.1, 0.15) is 13.8 Å². The van der Waals surface area contributed by atoms with Gasteiger partial charge in [-0.15, -0.1) is 0 Å². The molecule has 1 rings (SSSR count). The van der Waals surface area contributed by atoms with Crippen molar-refractivity contribution >= 4 is 28.9 Å². The maximum absolute atomic E-state index is 9.08. The van der Waals surface area contributed by atoms with Crippen molar-refractivity contribution in [1.82, 2.24) is 0 Å². The molecule has 2 N–H and O–H groups in total. The Morgan fingerprint density at radius 2 is 2.00 bits per heavy atom. The van der Waals surface area contributed by atoms with Crippen molar-refractivity contribution in [2.24, 2.45) is 0 Å². The van der Waals surface area contributed by atoms with E-state index in [-0.39, 0.29) is 6.61 Å². The van der Waals surface area contributed by atoms with E-state index < -0.39 is 5.54 Å². The maximum Gasteiger partial charge on any atom is 0.0656 e. The van der Waals surface area contributed by atoms with Gasteiger partial charge in [0.25, 0.3) is 0 Å². The Morgan fingerprint density at radius 3 is 2.57 bits per heavy atom. The zero-order chi connectivity index (χ0) is 10.8. The molecular weight excluding hydrogens is 221 g/mol. The lowest BCUT2D eigenvalue weighted by Crippen LogP contribution is -2.34. The SMILES string of the molecule is CC(C)(CO)Nc1cc(Cl)ccc1Cl. The lowest BCUT2D eigenvalue weighted by atomic mass is 10.1. The van der Waals surface area contributed by atoms with Crippen LogP contribution in [0.3, 0.4) is 0 Å². The Balaban J connectivity index is 2.91. The molecule has 1 aromatic carbocycles. The highest BCUT2D eigenvalue weighted by Gasteiger charge is 2.17. The first-order chi connectivity index (χ1) is 6.44. The fourth-order valence-electron chi connectivity index (χ4n) is 0.997. The average molecular weight is 234 g/mol. The Hall–Kier alpha value is -0.440. The maximum atomic E-state index is 9.08. The van der Waals surface area contributed by atoms with E-state index in [0.717, 1.165) is 5.69 Å². The lowest BCUT2D eigenvalue weighted by Gasteiger charge is -2.25. The van der Waals surface area contributed by atoms with Crippen molar-refractivity contribution in [3.05, 3.63) is 28.2 Å². The van der Waals surface area contributed by atoms with Gasteiger partial charge in [0.1, 0.15) is 0 Å². The van der Waals surface area contributed by atoms with Crippen LogP contribution in [0.2, 0.25) is 10.0 Å². The van der Waals surface area contributed by atoms with E-state index in [0.29, 0.717) is 10.0 Å². The normalized spacial score (nSPS) is 11.5. The molecule has 0 fully saturated rings. The van der Waals surface area contributed by atoms with Crippen molar-refractivity contribution in [2.75, 3.05) is 11.9 Å². The van der Waals surface area contributed by atoms with E-state index >= 15 is 0 Å². The highest BCUT2D eigenvalue weighted by molar-refractivity contribution is 6.35. The Morgan fingerprint density at radius 1 is 1.36 bits per heavy atom. The Kier molecular flexibility index (Phi) is 3.65. The number of nitrogens with one attached hydrogen (secondary N) is 1. The molecule has 2 nitrogen and oxygen atoms in total. The standard InChI is InChI=1S/C10H13Cl2NO/c1-10(2,6-14)13-9-5-7(11)3-4-8(9)12/h3-5,13-14H,6H2,1-2H3. The van der Waals surface area contributed by atoms with Crippen LogP contribution in [-0.2, 0) is 0 Å². The van der Waals surface area contributed by atoms with E-state index in [1.54, 1.807) is 18.2 Å². The van der Waals surface area contributed by atoms with Gasteiger partial charge < -0.3 is 10.4 Å². The molecule has 14 heavy (non-hydrogen) atoms. The van der Waals surface area contributed by atoms with E-state index in [9.17, 15) is 0 Å². The van der Waals surface area contributed by atoms with Crippen molar-refractivity contribution in [2.45, 2.75) is 19.4 Å². The molecule has 0 spiro atoms. The van der Waals surface area contributed by atoms with Gasteiger partial charge in [0.05, 0.1) is 22.9 Å². The van der Waals surface area contributed by atoms with Crippen LogP contribution in [0, 0.1) is 0 Å². The molecule has 0 atom stereocenters. The summed E-state index contributed by atoms with van der Waals surface area (Å²) in [7, 11) is 0. The summed E-state index contributed by atoms with van der Waals surface area (Å²) in [5.41, 5.74) is 0.326. The molecule has 78 valence electrons. The Bertz CT molecular complexity index is 326. The molecule has 1 aromatic rings. The molecule has 0 aliphatic carbocycles. The molecule has 0 aliphatic heterocycles. The number of hydrogen-bond donors (Lipinski definition) is 2. The summed E-state index contributed by atoms with van der Waals surface area (Å²) >= 11 is 11.8. The van der Waals surface area contributed by atoms with Crippen LogP contribution in [0.5, 0.6) is 0 Å². The highest BCUT2D eigenvalue weighted by Crippen LogP contribution is 2.27. The monoisotopic (exact) mass is 233 g/mol. The zero-order valence-corrected chi connectivity index (χ0v) is 9.65. The lowest BCUT2D eigenvalue weighted by molar-refractivity contribution is 0.234. The molecule has 0 bridgehead atoms. The third-order valence-corrected chi connectivity index (χ3v) is 2.36. The van der Waals surface area contributed by atoms with Gasteiger partial charge in [-0.3, -0.25) is 0 Å². The summed E-state index contributed by atoms with van der Waals surface area (Å²) in [4.78, 5) is 0.